The maximum absolute atomic E-state index is 13.8. The fraction of sp³-hybridized carbons (Fsp3) is 0.206. The van der Waals surface area contributed by atoms with Crippen LogP contribution in [0.15, 0.2) is 108 Å². The molecule has 2 amide bonds. The molecule has 1 aliphatic heterocycles. The number of hydrogen-bond acceptors (Lipinski definition) is 4. The zero-order valence-corrected chi connectivity index (χ0v) is 22.2. The van der Waals surface area contributed by atoms with Gasteiger partial charge in [-0.05, 0) is 85.2 Å². The summed E-state index contributed by atoms with van der Waals surface area (Å²) in [7, 11) is 0. The Labute approximate surface area is 234 Å². The Bertz CT molecular complexity index is 1580. The number of para-hydroxylation sites is 1. The molecule has 4 aromatic rings. The molecule has 1 saturated carbocycles. The molecule has 1 spiro atoms. The molecule has 6 nitrogen and oxygen atoms in total. The third kappa shape index (κ3) is 4.77. The summed E-state index contributed by atoms with van der Waals surface area (Å²) in [4.78, 5) is 28.8. The van der Waals surface area contributed by atoms with Crippen molar-refractivity contribution >= 4 is 28.9 Å². The van der Waals surface area contributed by atoms with E-state index in [2.05, 4.69) is 16.5 Å². The van der Waals surface area contributed by atoms with Gasteiger partial charge in [0.25, 0.3) is 11.8 Å². The summed E-state index contributed by atoms with van der Waals surface area (Å²) in [6.07, 6.45) is 4.28. The molecule has 200 valence electrons. The lowest BCUT2D eigenvalue weighted by Crippen LogP contribution is -2.35. The normalized spacial score (nSPS) is 19.3. The van der Waals surface area contributed by atoms with E-state index in [0.29, 0.717) is 23.4 Å². The van der Waals surface area contributed by atoms with Crippen LogP contribution in [0.4, 0.5) is 11.4 Å². The minimum atomic E-state index is -0.205. The smallest absolute Gasteiger partial charge is 0.258 e. The molecule has 1 aliphatic carbocycles. The summed E-state index contributed by atoms with van der Waals surface area (Å²) in [6, 6.07) is 32.5. The molecule has 0 bridgehead atoms. The zero-order chi connectivity index (χ0) is 27.5. The number of oxime groups is 1. The van der Waals surface area contributed by atoms with E-state index in [1.165, 1.54) is 0 Å². The molecule has 0 radical (unpaired) electrons. The Morgan fingerprint density at radius 3 is 2.35 bits per heavy atom. The Morgan fingerprint density at radius 2 is 1.55 bits per heavy atom. The number of carbonyl (C=O) groups excluding carboxylic acids is 2. The summed E-state index contributed by atoms with van der Waals surface area (Å²) in [6.45, 7) is 0.545. The van der Waals surface area contributed by atoms with Crippen molar-refractivity contribution in [2.24, 2.45) is 10.6 Å². The third-order valence-corrected chi connectivity index (χ3v) is 8.32. The number of nitrogens with zero attached hydrogens (tertiary/aromatic N) is 2. The highest BCUT2D eigenvalue weighted by molar-refractivity contribution is 6.10. The second-order valence-electron chi connectivity index (χ2n) is 10.6. The highest BCUT2D eigenvalue weighted by Gasteiger charge is 2.43. The highest BCUT2D eigenvalue weighted by Crippen LogP contribution is 2.46. The van der Waals surface area contributed by atoms with E-state index in [0.717, 1.165) is 60.2 Å². The largest absolute Gasteiger partial charge is 0.411 e. The van der Waals surface area contributed by atoms with Gasteiger partial charge in [-0.25, -0.2) is 0 Å². The summed E-state index contributed by atoms with van der Waals surface area (Å²) in [5.41, 5.74) is 6.24. The second kappa shape index (κ2) is 10.8. The van der Waals surface area contributed by atoms with Crippen molar-refractivity contribution in [3.8, 4) is 11.1 Å². The summed E-state index contributed by atoms with van der Waals surface area (Å²) in [5, 5.41) is 16.3. The Balaban J connectivity index is 1.22. The van der Waals surface area contributed by atoms with Crippen molar-refractivity contribution < 1.29 is 14.8 Å². The van der Waals surface area contributed by atoms with Gasteiger partial charge in [-0.2, -0.15) is 0 Å². The van der Waals surface area contributed by atoms with E-state index in [1.807, 2.05) is 77.7 Å². The lowest BCUT2D eigenvalue weighted by atomic mass is 9.76. The van der Waals surface area contributed by atoms with Crippen LogP contribution in [0.5, 0.6) is 0 Å². The first kappa shape index (κ1) is 25.6. The Kier molecular flexibility index (Phi) is 6.91. The second-order valence-corrected chi connectivity index (χ2v) is 10.6. The number of anilines is 2. The zero-order valence-electron chi connectivity index (χ0n) is 22.2. The topological polar surface area (TPSA) is 82.0 Å². The molecule has 1 heterocycles. The number of rotatable bonds is 4. The van der Waals surface area contributed by atoms with E-state index in [1.54, 1.807) is 24.3 Å². The van der Waals surface area contributed by atoms with Gasteiger partial charge in [0, 0.05) is 34.5 Å². The molecular weight excluding hydrogens is 498 g/mol. The first-order chi connectivity index (χ1) is 19.6. The maximum atomic E-state index is 13.8. The third-order valence-electron chi connectivity index (χ3n) is 8.32. The standard InChI is InChI=1S/C34H31N3O3/c38-32(29-13-6-5-12-28(29)24-9-2-1-3-10-24)35-27-18-16-25(17-19-27)33(39)37-22-21-34(20-8-15-31(34)36-40)23-26-11-4-7-14-30(26)37/h1-7,9-14,16-19,40H,8,15,20-23H2,(H,35,38)/b36-31-. The quantitative estimate of drug-likeness (QED) is 0.217. The highest BCUT2D eigenvalue weighted by atomic mass is 16.4. The first-order valence-corrected chi connectivity index (χ1v) is 13.7. The lowest BCUT2D eigenvalue weighted by molar-refractivity contribution is 0.0984. The van der Waals surface area contributed by atoms with Crippen LogP contribution < -0.4 is 10.2 Å². The van der Waals surface area contributed by atoms with Crippen LogP contribution in [0, 0.1) is 5.41 Å². The minimum Gasteiger partial charge on any atom is -0.411 e. The average Bonchev–Trinajstić information content (AvgIpc) is 3.32. The van der Waals surface area contributed by atoms with E-state index in [9.17, 15) is 14.8 Å². The van der Waals surface area contributed by atoms with Gasteiger partial charge < -0.3 is 15.4 Å². The molecular formula is C34H31N3O3. The molecule has 2 aliphatic rings. The van der Waals surface area contributed by atoms with Crippen molar-refractivity contribution in [2.45, 2.75) is 32.1 Å². The van der Waals surface area contributed by atoms with Crippen LogP contribution in [0.1, 0.15) is 52.0 Å². The number of benzene rings is 4. The molecule has 0 aromatic heterocycles. The van der Waals surface area contributed by atoms with E-state index in [-0.39, 0.29) is 17.2 Å². The van der Waals surface area contributed by atoms with Gasteiger partial charge in [0.1, 0.15) is 0 Å². The molecule has 1 unspecified atom stereocenters. The summed E-state index contributed by atoms with van der Waals surface area (Å²) in [5.74, 6) is -0.291. The maximum Gasteiger partial charge on any atom is 0.258 e. The Morgan fingerprint density at radius 1 is 0.825 bits per heavy atom. The molecule has 0 saturated heterocycles. The number of fused-ring (bicyclic) bond motifs is 1. The van der Waals surface area contributed by atoms with Crippen molar-refractivity contribution in [3.63, 3.8) is 0 Å². The van der Waals surface area contributed by atoms with Crippen LogP contribution in [0.25, 0.3) is 11.1 Å². The van der Waals surface area contributed by atoms with Crippen molar-refractivity contribution in [1.29, 1.82) is 0 Å². The average molecular weight is 530 g/mol. The number of hydrogen-bond donors (Lipinski definition) is 2. The van der Waals surface area contributed by atoms with Gasteiger partial charge in [0.2, 0.25) is 0 Å². The Hall–Kier alpha value is -4.71. The van der Waals surface area contributed by atoms with E-state index < -0.39 is 0 Å². The van der Waals surface area contributed by atoms with E-state index in [4.69, 9.17) is 0 Å². The predicted molar refractivity (Wildman–Crippen MR) is 158 cm³/mol. The SMILES string of the molecule is O=C(Nc1ccc(C(=O)N2CCC3(CCC/C3=N/O)Cc3ccccc32)cc1)c1ccccc1-c1ccccc1. The molecule has 1 fully saturated rings. The molecule has 1 atom stereocenters. The summed E-state index contributed by atoms with van der Waals surface area (Å²) < 4.78 is 0. The fourth-order valence-corrected chi connectivity index (χ4v) is 6.25. The number of nitrogens with one attached hydrogen (secondary N) is 1. The summed E-state index contributed by atoms with van der Waals surface area (Å²) >= 11 is 0. The number of carbonyl (C=O) groups is 2. The van der Waals surface area contributed by atoms with Gasteiger partial charge >= 0.3 is 0 Å². The van der Waals surface area contributed by atoms with E-state index >= 15 is 0 Å². The fourth-order valence-electron chi connectivity index (χ4n) is 6.25. The van der Waals surface area contributed by atoms with Gasteiger partial charge in [0.15, 0.2) is 0 Å². The van der Waals surface area contributed by atoms with Crippen LogP contribution in [-0.4, -0.2) is 29.3 Å². The van der Waals surface area contributed by atoms with Crippen LogP contribution in [-0.2, 0) is 6.42 Å². The molecule has 4 aromatic carbocycles. The molecule has 6 heteroatoms. The lowest BCUT2D eigenvalue weighted by Gasteiger charge is -2.28. The molecule has 2 N–H and O–H groups in total. The number of amides is 2. The minimum absolute atomic E-state index is 0.0858. The molecule has 6 rings (SSSR count). The van der Waals surface area contributed by atoms with Gasteiger partial charge in [0.05, 0.1) is 5.71 Å². The monoisotopic (exact) mass is 529 g/mol. The van der Waals surface area contributed by atoms with Gasteiger partial charge in [-0.3, -0.25) is 9.59 Å². The van der Waals surface area contributed by atoms with Crippen molar-refractivity contribution in [3.05, 3.63) is 120 Å². The van der Waals surface area contributed by atoms with Gasteiger partial charge in [-0.1, -0.05) is 71.9 Å². The van der Waals surface area contributed by atoms with Crippen molar-refractivity contribution in [2.75, 3.05) is 16.8 Å². The van der Waals surface area contributed by atoms with Crippen molar-refractivity contribution in [1.82, 2.24) is 0 Å². The predicted octanol–water partition coefficient (Wildman–Crippen LogP) is 7.20. The van der Waals surface area contributed by atoms with Crippen LogP contribution in [0.3, 0.4) is 0 Å². The van der Waals surface area contributed by atoms with Gasteiger partial charge in [-0.15, -0.1) is 0 Å². The molecule has 40 heavy (non-hydrogen) atoms. The first-order valence-electron chi connectivity index (χ1n) is 13.7. The van der Waals surface area contributed by atoms with Crippen LogP contribution >= 0.6 is 0 Å². The van der Waals surface area contributed by atoms with Crippen LogP contribution in [0.2, 0.25) is 0 Å².